The molecule has 4 aromatic rings. The highest BCUT2D eigenvalue weighted by Gasteiger charge is 2.37. The van der Waals surface area contributed by atoms with Gasteiger partial charge in [-0.1, -0.05) is 11.6 Å². The number of nitrogens with zero attached hydrogens (tertiary/aromatic N) is 8. The van der Waals surface area contributed by atoms with Gasteiger partial charge in [-0.3, -0.25) is 9.59 Å². The van der Waals surface area contributed by atoms with Crippen LogP contribution < -0.4 is 10.6 Å². The van der Waals surface area contributed by atoms with Gasteiger partial charge < -0.3 is 10.6 Å². The highest BCUT2D eigenvalue weighted by Crippen LogP contribution is 2.33. The van der Waals surface area contributed by atoms with E-state index in [9.17, 15) is 28.0 Å². The highest BCUT2D eigenvalue weighted by molar-refractivity contribution is 6.32. The molecule has 12 nitrogen and oxygen atoms in total. The number of hydrogen-bond donors (Lipinski definition) is 2. The molecule has 3 aromatic heterocycles. The number of halogens is 4. The van der Waals surface area contributed by atoms with Crippen LogP contribution in [0.5, 0.6) is 0 Å². The van der Waals surface area contributed by atoms with Gasteiger partial charge in [-0.2, -0.15) is 28.3 Å². The van der Waals surface area contributed by atoms with E-state index in [1.165, 1.54) is 30.5 Å². The summed E-state index contributed by atoms with van der Waals surface area (Å²) in [6, 6.07) is 9.35. The normalized spacial score (nSPS) is 14.1. The number of nitriles is 1. The molecule has 2 amide bonds. The van der Waals surface area contributed by atoms with Crippen molar-refractivity contribution < 1.29 is 22.8 Å². The van der Waals surface area contributed by atoms with Crippen molar-refractivity contribution in [3.63, 3.8) is 0 Å². The summed E-state index contributed by atoms with van der Waals surface area (Å²) >= 11 is 6.32. The second-order valence-electron chi connectivity index (χ2n) is 10.0. The van der Waals surface area contributed by atoms with Crippen LogP contribution in [0.2, 0.25) is 5.02 Å². The molecule has 2 N–H and O–H groups in total. The Bertz CT molecular complexity index is 1740. The second-order valence-corrected chi connectivity index (χ2v) is 10.4. The van der Waals surface area contributed by atoms with Crippen LogP contribution in [0.4, 0.5) is 18.9 Å². The van der Waals surface area contributed by atoms with Gasteiger partial charge in [0.25, 0.3) is 17.6 Å². The standard InChI is InChI=1S/C26H22ClF3N10O2/c1-14-9-15(12-31)10-17(22(41)34-25(2)6-4-7-25)20(14)33-23(42)19-11-16(13-39-37-24(35-38-39)26(28,29)30)36-40(19)21-18(27)5-3-8-32-21/h3,5,8-11H,4,6-7,13H2,1-2H3,(H,33,42)(H,34,41). The van der Waals surface area contributed by atoms with Gasteiger partial charge in [0.15, 0.2) is 5.82 Å². The third-order valence-electron chi connectivity index (χ3n) is 6.76. The molecule has 0 aliphatic heterocycles. The number of aromatic nitrogens is 7. The molecule has 1 aliphatic rings. The molecule has 1 aliphatic carbocycles. The first-order valence-electron chi connectivity index (χ1n) is 12.6. The fourth-order valence-corrected chi connectivity index (χ4v) is 4.68. The number of carbonyl (C=O) groups is 2. The van der Waals surface area contributed by atoms with E-state index in [0.29, 0.717) is 10.4 Å². The Kier molecular flexibility index (Phi) is 7.42. The van der Waals surface area contributed by atoms with Crippen molar-refractivity contribution in [1.29, 1.82) is 5.26 Å². The summed E-state index contributed by atoms with van der Waals surface area (Å²) in [5.41, 5.74) is 0.582. The van der Waals surface area contributed by atoms with Gasteiger partial charge in [0.05, 0.1) is 33.6 Å². The van der Waals surface area contributed by atoms with Gasteiger partial charge in [0, 0.05) is 11.7 Å². The molecule has 0 bridgehead atoms. The zero-order valence-electron chi connectivity index (χ0n) is 22.2. The molecule has 0 unspecified atom stereocenters. The molecule has 42 heavy (non-hydrogen) atoms. The Morgan fingerprint density at radius 1 is 1.19 bits per heavy atom. The lowest BCUT2D eigenvalue weighted by Crippen LogP contribution is -2.51. The molecule has 1 fully saturated rings. The maximum atomic E-state index is 13.7. The van der Waals surface area contributed by atoms with E-state index in [1.54, 1.807) is 13.0 Å². The number of amides is 2. The number of nitrogens with one attached hydrogen (secondary N) is 2. The average Bonchev–Trinajstić information content (AvgIpc) is 3.56. The molecule has 0 saturated heterocycles. The van der Waals surface area contributed by atoms with E-state index in [0.717, 1.165) is 23.9 Å². The third kappa shape index (κ3) is 5.79. The van der Waals surface area contributed by atoms with Crippen LogP contribution in [-0.2, 0) is 12.7 Å². The lowest BCUT2D eigenvalue weighted by Gasteiger charge is -2.39. The molecule has 5 rings (SSSR count). The quantitative estimate of drug-likeness (QED) is 0.322. The molecule has 16 heteroatoms. The van der Waals surface area contributed by atoms with Gasteiger partial charge in [0.1, 0.15) is 12.2 Å². The van der Waals surface area contributed by atoms with Crippen molar-refractivity contribution in [2.24, 2.45) is 0 Å². The maximum absolute atomic E-state index is 13.7. The summed E-state index contributed by atoms with van der Waals surface area (Å²) in [6.07, 6.45) is -0.789. The number of rotatable bonds is 7. The summed E-state index contributed by atoms with van der Waals surface area (Å²) in [5, 5.41) is 29.4. The predicted molar refractivity (Wildman–Crippen MR) is 142 cm³/mol. The smallest absolute Gasteiger partial charge is 0.347 e. The number of hydrogen-bond acceptors (Lipinski definition) is 8. The zero-order valence-corrected chi connectivity index (χ0v) is 23.0. The van der Waals surface area contributed by atoms with Crippen molar-refractivity contribution in [3.05, 3.63) is 75.5 Å². The Balaban J connectivity index is 1.52. The Morgan fingerprint density at radius 2 is 1.95 bits per heavy atom. The lowest BCUT2D eigenvalue weighted by atomic mass is 9.78. The van der Waals surface area contributed by atoms with E-state index in [-0.39, 0.29) is 51.1 Å². The van der Waals surface area contributed by atoms with Crippen molar-refractivity contribution >= 4 is 29.1 Å². The van der Waals surface area contributed by atoms with Gasteiger partial charge in [-0.15, -0.1) is 10.2 Å². The number of benzene rings is 1. The minimum atomic E-state index is -4.79. The summed E-state index contributed by atoms with van der Waals surface area (Å²) < 4.78 is 40.0. The maximum Gasteiger partial charge on any atom is 0.455 e. The van der Waals surface area contributed by atoms with Crippen LogP contribution >= 0.6 is 11.6 Å². The van der Waals surface area contributed by atoms with Gasteiger partial charge in [-0.05, 0) is 74.2 Å². The predicted octanol–water partition coefficient (Wildman–Crippen LogP) is 4.08. The first-order chi connectivity index (χ1) is 19.9. The van der Waals surface area contributed by atoms with Crippen molar-refractivity contribution in [3.8, 4) is 11.9 Å². The fraction of sp³-hybridized carbons (Fsp3) is 0.308. The molecule has 0 spiro atoms. The highest BCUT2D eigenvalue weighted by atomic mass is 35.5. The van der Waals surface area contributed by atoms with Gasteiger partial charge >= 0.3 is 6.18 Å². The first-order valence-corrected chi connectivity index (χ1v) is 13.0. The number of anilines is 1. The van der Waals surface area contributed by atoms with Crippen LogP contribution in [0.1, 0.15) is 69.7 Å². The topological polar surface area (TPSA) is 156 Å². The molecule has 3 heterocycles. The third-order valence-corrected chi connectivity index (χ3v) is 7.06. The number of tetrazole rings is 1. The molecule has 216 valence electrons. The van der Waals surface area contributed by atoms with E-state index in [1.807, 2.05) is 13.0 Å². The lowest BCUT2D eigenvalue weighted by molar-refractivity contribution is -0.145. The number of carbonyl (C=O) groups excluding carboxylic acids is 2. The van der Waals surface area contributed by atoms with Gasteiger partial charge in [0.2, 0.25) is 0 Å². The van der Waals surface area contributed by atoms with E-state index >= 15 is 0 Å². The summed E-state index contributed by atoms with van der Waals surface area (Å²) in [7, 11) is 0. The summed E-state index contributed by atoms with van der Waals surface area (Å²) in [4.78, 5) is 31.9. The number of alkyl halides is 3. The Labute approximate surface area is 241 Å². The molecular formula is C26H22ClF3N10O2. The minimum Gasteiger partial charge on any atom is -0.347 e. The van der Waals surface area contributed by atoms with Crippen LogP contribution in [0.25, 0.3) is 5.82 Å². The largest absolute Gasteiger partial charge is 0.455 e. The van der Waals surface area contributed by atoms with E-state index in [4.69, 9.17) is 11.6 Å². The molecule has 1 aromatic carbocycles. The average molecular weight is 599 g/mol. The van der Waals surface area contributed by atoms with Crippen LogP contribution in [0.3, 0.4) is 0 Å². The SMILES string of the molecule is Cc1cc(C#N)cc(C(=O)NC2(C)CCC2)c1NC(=O)c1cc(Cn2nnc(C(F)(F)F)n2)nn1-c1ncccc1Cl. The molecule has 0 radical (unpaired) electrons. The van der Waals surface area contributed by atoms with Crippen LogP contribution in [0.15, 0.2) is 36.5 Å². The van der Waals surface area contributed by atoms with Crippen molar-refractivity contribution in [2.75, 3.05) is 5.32 Å². The number of pyridine rings is 1. The first kappa shape index (κ1) is 28.7. The zero-order chi connectivity index (χ0) is 30.2. The summed E-state index contributed by atoms with van der Waals surface area (Å²) in [5.74, 6) is -2.53. The molecule has 0 atom stereocenters. The Hall–Kier alpha value is -4.84. The Morgan fingerprint density at radius 3 is 2.57 bits per heavy atom. The summed E-state index contributed by atoms with van der Waals surface area (Å²) in [6.45, 7) is 3.21. The van der Waals surface area contributed by atoms with Crippen molar-refractivity contribution in [1.82, 2.24) is 40.3 Å². The second kappa shape index (κ2) is 10.9. The van der Waals surface area contributed by atoms with Gasteiger partial charge in [-0.25, -0.2) is 9.67 Å². The number of aryl methyl sites for hydroxylation is 1. The van der Waals surface area contributed by atoms with Crippen LogP contribution in [0, 0.1) is 18.3 Å². The molecular weight excluding hydrogens is 577 g/mol. The van der Waals surface area contributed by atoms with Crippen molar-refractivity contribution in [2.45, 2.75) is 51.4 Å². The van der Waals surface area contributed by atoms with E-state index < -0.39 is 23.8 Å². The monoisotopic (exact) mass is 598 g/mol. The minimum absolute atomic E-state index is 0.0746. The van der Waals surface area contributed by atoms with E-state index in [2.05, 4.69) is 36.1 Å². The molecule has 1 saturated carbocycles. The fourth-order valence-electron chi connectivity index (χ4n) is 4.48. The van der Waals surface area contributed by atoms with Crippen LogP contribution in [-0.4, -0.2) is 52.3 Å².